The third-order valence-electron chi connectivity index (χ3n) is 3.30. The number of hydrogen-bond donors (Lipinski definition) is 0. The van der Waals surface area contributed by atoms with Crippen LogP contribution in [0.5, 0.6) is 5.75 Å². The maximum Gasteiger partial charge on any atom is 0.127 e. The molecule has 0 bridgehead atoms. The van der Waals surface area contributed by atoms with Crippen LogP contribution in [0.1, 0.15) is 39.2 Å². The van der Waals surface area contributed by atoms with E-state index in [2.05, 4.69) is 32.1 Å². The summed E-state index contributed by atoms with van der Waals surface area (Å²) >= 11 is 0. The van der Waals surface area contributed by atoms with Gasteiger partial charge in [0, 0.05) is 13.7 Å². The van der Waals surface area contributed by atoms with E-state index in [-0.39, 0.29) is 0 Å². The Balaban J connectivity index is 2.55. The van der Waals surface area contributed by atoms with Gasteiger partial charge in [0.2, 0.25) is 0 Å². The SMILES string of the molecule is CCc1cccc(O/C(C)=C/CC(CC)COC)c1. The number of rotatable bonds is 8. The minimum Gasteiger partial charge on any atom is -0.462 e. The molecule has 0 aromatic heterocycles. The van der Waals surface area contributed by atoms with Crippen LogP contribution >= 0.6 is 0 Å². The molecule has 0 saturated carbocycles. The van der Waals surface area contributed by atoms with Gasteiger partial charge in [0.1, 0.15) is 5.75 Å². The summed E-state index contributed by atoms with van der Waals surface area (Å²) in [5, 5.41) is 0. The van der Waals surface area contributed by atoms with E-state index in [0.29, 0.717) is 5.92 Å². The van der Waals surface area contributed by atoms with Gasteiger partial charge in [-0.15, -0.1) is 0 Å². The average molecular weight is 262 g/mol. The highest BCUT2D eigenvalue weighted by Gasteiger charge is 2.04. The Bertz CT molecular complexity index is 396. The van der Waals surface area contributed by atoms with Crippen LogP contribution in [-0.2, 0) is 11.2 Å². The molecule has 0 spiro atoms. The standard InChI is InChI=1S/C17H26O2/c1-5-15-8-7-9-17(12-15)19-14(3)10-11-16(6-2)13-18-4/h7-10,12,16H,5-6,11,13H2,1-4H3/b14-10+. The van der Waals surface area contributed by atoms with E-state index in [1.54, 1.807) is 7.11 Å². The van der Waals surface area contributed by atoms with Crippen LogP contribution < -0.4 is 4.74 Å². The number of methoxy groups -OCH3 is 1. The van der Waals surface area contributed by atoms with Crippen LogP contribution in [0.4, 0.5) is 0 Å². The van der Waals surface area contributed by atoms with Crippen molar-refractivity contribution < 1.29 is 9.47 Å². The fourth-order valence-electron chi connectivity index (χ4n) is 1.98. The molecule has 19 heavy (non-hydrogen) atoms. The minimum absolute atomic E-state index is 0.575. The fraction of sp³-hybridized carbons (Fsp3) is 0.529. The van der Waals surface area contributed by atoms with Gasteiger partial charge in [-0.1, -0.05) is 32.4 Å². The molecule has 1 atom stereocenters. The lowest BCUT2D eigenvalue weighted by Crippen LogP contribution is -2.06. The number of allylic oxidation sites excluding steroid dienone is 2. The maximum atomic E-state index is 5.85. The van der Waals surface area contributed by atoms with E-state index >= 15 is 0 Å². The van der Waals surface area contributed by atoms with Crippen molar-refractivity contribution in [3.8, 4) is 5.75 Å². The van der Waals surface area contributed by atoms with Crippen molar-refractivity contribution >= 4 is 0 Å². The highest BCUT2D eigenvalue weighted by atomic mass is 16.5. The molecule has 1 unspecified atom stereocenters. The molecule has 0 radical (unpaired) electrons. The van der Waals surface area contributed by atoms with Crippen LogP contribution in [0.3, 0.4) is 0 Å². The van der Waals surface area contributed by atoms with Crippen LogP contribution in [0.15, 0.2) is 36.1 Å². The summed E-state index contributed by atoms with van der Waals surface area (Å²) in [6.07, 6.45) is 5.32. The smallest absolute Gasteiger partial charge is 0.127 e. The summed E-state index contributed by atoms with van der Waals surface area (Å²) in [5.74, 6) is 2.46. The highest BCUT2D eigenvalue weighted by Crippen LogP contribution is 2.18. The fourth-order valence-corrected chi connectivity index (χ4v) is 1.98. The number of benzene rings is 1. The molecule has 106 valence electrons. The molecule has 1 aromatic rings. The molecular weight excluding hydrogens is 236 g/mol. The van der Waals surface area contributed by atoms with Crippen molar-refractivity contribution in [1.82, 2.24) is 0 Å². The van der Waals surface area contributed by atoms with E-state index in [1.165, 1.54) is 5.56 Å². The Hall–Kier alpha value is -1.28. The first-order chi connectivity index (χ1) is 9.19. The molecule has 0 aliphatic rings. The highest BCUT2D eigenvalue weighted by molar-refractivity contribution is 5.29. The Morgan fingerprint density at radius 1 is 1.32 bits per heavy atom. The first kappa shape index (κ1) is 15.8. The molecule has 2 nitrogen and oxygen atoms in total. The Morgan fingerprint density at radius 2 is 2.11 bits per heavy atom. The monoisotopic (exact) mass is 262 g/mol. The number of aryl methyl sites for hydroxylation is 1. The van der Waals surface area contributed by atoms with Gasteiger partial charge >= 0.3 is 0 Å². The molecule has 0 N–H and O–H groups in total. The second kappa shape index (κ2) is 8.76. The van der Waals surface area contributed by atoms with Crippen LogP contribution in [0.25, 0.3) is 0 Å². The predicted octanol–water partition coefficient (Wildman–Crippen LogP) is 4.59. The van der Waals surface area contributed by atoms with Gasteiger partial charge in [0.25, 0.3) is 0 Å². The third-order valence-corrected chi connectivity index (χ3v) is 3.30. The first-order valence-electron chi connectivity index (χ1n) is 7.12. The Kier molecular flexibility index (Phi) is 7.27. The second-order valence-electron chi connectivity index (χ2n) is 4.88. The molecule has 0 fully saturated rings. The molecule has 0 heterocycles. The zero-order chi connectivity index (χ0) is 14.1. The molecule has 0 aliphatic heterocycles. The van der Waals surface area contributed by atoms with Crippen molar-refractivity contribution in [3.05, 3.63) is 41.7 Å². The molecule has 1 rings (SSSR count). The first-order valence-corrected chi connectivity index (χ1v) is 7.12. The van der Waals surface area contributed by atoms with Crippen molar-refractivity contribution in [2.75, 3.05) is 13.7 Å². The lowest BCUT2D eigenvalue weighted by molar-refractivity contribution is 0.151. The summed E-state index contributed by atoms with van der Waals surface area (Å²) in [6, 6.07) is 8.27. The van der Waals surface area contributed by atoms with Gasteiger partial charge in [-0.3, -0.25) is 0 Å². The zero-order valence-electron chi connectivity index (χ0n) is 12.6. The van der Waals surface area contributed by atoms with E-state index < -0.39 is 0 Å². The van der Waals surface area contributed by atoms with Crippen LogP contribution in [-0.4, -0.2) is 13.7 Å². The Labute approximate surface area is 117 Å². The van der Waals surface area contributed by atoms with E-state index in [0.717, 1.165) is 37.4 Å². The number of hydrogen-bond acceptors (Lipinski definition) is 2. The van der Waals surface area contributed by atoms with E-state index in [4.69, 9.17) is 9.47 Å². The second-order valence-corrected chi connectivity index (χ2v) is 4.88. The predicted molar refractivity (Wildman–Crippen MR) is 80.5 cm³/mol. The maximum absolute atomic E-state index is 5.85. The van der Waals surface area contributed by atoms with Crippen molar-refractivity contribution in [2.24, 2.45) is 5.92 Å². The summed E-state index contributed by atoms with van der Waals surface area (Å²) in [7, 11) is 1.76. The van der Waals surface area contributed by atoms with Gasteiger partial charge in [-0.05, 0) is 49.5 Å². The van der Waals surface area contributed by atoms with Crippen molar-refractivity contribution in [2.45, 2.75) is 40.0 Å². The average Bonchev–Trinajstić information content (AvgIpc) is 2.43. The lowest BCUT2D eigenvalue weighted by atomic mass is 10.0. The van der Waals surface area contributed by atoms with Gasteiger partial charge in [0.15, 0.2) is 0 Å². The summed E-state index contributed by atoms with van der Waals surface area (Å²) in [4.78, 5) is 0. The van der Waals surface area contributed by atoms with Gasteiger partial charge < -0.3 is 9.47 Å². The summed E-state index contributed by atoms with van der Waals surface area (Å²) < 4.78 is 11.1. The summed E-state index contributed by atoms with van der Waals surface area (Å²) in [6.45, 7) is 7.17. The number of ether oxygens (including phenoxy) is 2. The molecule has 1 aromatic carbocycles. The molecule has 0 amide bonds. The molecule has 0 saturated heterocycles. The van der Waals surface area contributed by atoms with E-state index in [9.17, 15) is 0 Å². The topological polar surface area (TPSA) is 18.5 Å². The molecular formula is C17H26O2. The quantitative estimate of drug-likeness (QED) is 0.638. The van der Waals surface area contributed by atoms with Crippen molar-refractivity contribution in [1.29, 1.82) is 0 Å². The van der Waals surface area contributed by atoms with Gasteiger partial charge in [-0.25, -0.2) is 0 Å². The van der Waals surface area contributed by atoms with Crippen LogP contribution in [0.2, 0.25) is 0 Å². The third kappa shape index (κ3) is 5.93. The zero-order valence-corrected chi connectivity index (χ0v) is 12.6. The molecule has 0 aliphatic carbocycles. The largest absolute Gasteiger partial charge is 0.462 e. The normalized spacial score (nSPS) is 13.4. The minimum atomic E-state index is 0.575. The van der Waals surface area contributed by atoms with Crippen LogP contribution in [0, 0.1) is 5.92 Å². The van der Waals surface area contributed by atoms with Gasteiger partial charge in [-0.2, -0.15) is 0 Å². The van der Waals surface area contributed by atoms with E-state index in [1.807, 2.05) is 19.1 Å². The van der Waals surface area contributed by atoms with Gasteiger partial charge in [0.05, 0.1) is 5.76 Å². The lowest BCUT2D eigenvalue weighted by Gasteiger charge is -2.12. The molecule has 2 heteroatoms. The summed E-state index contributed by atoms with van der Waals surface area (Å²) in [5.41, 5.74) is 1.30. The Morgan fingerprint density at radius 3 is 2.74 bits per heavy atom. The van der Waals surface area contributed by atoms with Crippen molar-refractivity contribution in [3.63, 3.8) is 0 Å².